The van der Waals surface area contributed by atoms with Crippen LogP contribution in [0, 0.1) is 0 Å². The van der Waals surface area contributed by atoms with Gasteiger partial charge in [-0.2, -0.15) is 0 Å². The fourth-order valence-electron chi connectivity index (χ4n) is 2.04. The molecule has 1 aliphatic rings. The molecule has 5 N–H and O–H groups in total. The molecule has 6 heteroatoms. The molecule has 0 unspecified atom stereocenters. The van der Waals surface area contributed by atoms with Crippen molar-refractivity contribution in [1.82, 2.24) is 10.2 Å². The van der Waals surface area contributed by atoms with Crippen molar-refractivity contribution >= 4 is 11.9 Å². The minimum absolute atomic E-state index is 0.0692. The number of rotatable bonds is 3. The molecule has 6 nitrogen and oxygen atoms in total. The molecule has 1 rings (SSSR count). The maximum absolute atomic E-state index is 10.8. The van der Waals surface area contributed by atoms with Crippen LogP contribution in [-0.4, -0.2) is 48.0 Å². The zero-order chi connectivity index (χ0) is 13.8. The Bertz CT molecular complexity index is 313. The molecule has 0 aliphatic carbocycles. The van der Waals surface area contributed by atoms with Gasteiger partial charge in [-0.15, -0.1) is 0 Å². The quantitative estimate of drug-likeness (QED) is 0.474. The monoisotopic (exact) mass is 255 g/mol. The Morgan fingerprint density at radius 3 is 2.33 bits per heavy atom. The average Bonchev–Trinajstić information content (AvgIpc) is 2.17. The third-order valence-electron chi connectivity index (χ3n) is 2.76. The van der Waals surface area contributed by atoms with Crippen LogP contribution in [0.15, 0.2) is 4.99 Å². The topological polar surface area (TPSA) is 96.7 Å². The van der Waals surface area contributed by atoms with E-state index in [4.69, 9.17) is 11.5 Å². The number of carbonyl (C=O) groups excluding carboxylic acids is 1. The summed E-state index contributed by atoms with van der Waals surface area (Å²) < 4.78 is 0. The number of hydrogen-bond acceptors (Lipinski definition) is 3. The molecule has 1 aliphatic heterocycles. The lowest BCUT2D eigenvalue weighted by molar-refractivity contribution is -0.119. The van der Waals surface area contributed by atoms with E-state index in [0.29, 0.717) is 12.5 Å². The summed E-state index contributed by atoms with van der Waals surface area (Å²) in [6.45, 7) is 8.17. The number of hydrogen-bond donors (Lipinski definition) is 3. The van der Waals surface area contributed by atoms with Crippen LogP contribution in [0.1, 0.15) is 33.6 Å². The molecule has 0 aromatic heterocycles. The van der Waals surface area contributed by atoms with Crippen LogP contribution in [-0.2, 0) is 4.79 Å². The van der Waals surface area contributed by atoms with Crippen LogP contribution in [0.2, 0.25) is 0 Å². The number of nitrogens with two attached hydrogens (primary N) is 2. The van der Waals surface area contributed by atoms with Gasteiger partial charge in [-0.25, -0.2) is 0 Å². The number of guanidine groups is 1. The van der Waals surface area contributed by atoms with Crippen LogP contribution in [0.5, 0.6) is 0 Å². The van der Waals surface area contributed by atoms with Crippen LogP contribution in [0.3, 0.4) is 0 Å². The Kier molecular flexibility index (Phi) is 4.95. The van der Waals surface area contributed by atoms with Gasteiger partial charge in [0, 0.05) is 18.6 Å². The van der Waals surface area contributed by atoms with Gasteiger partial charge in [0.05, 0.1) is 12.6 Å². The van der Waals surface area contributed by atoms with Crippen molar-refractivity contribution in [3.8, 4) is 0 Å². The number of primary amides is 1. The van der Waals surface area contributed by atoms with E-state index in [1.165, 1.54) is 0 Å². The van der Waals surface area contributed by atoms with Crippen LogP contribution in [0.4, 0.5) is 0 Å². The Hall–Kier alpha value is -1.30. The van der Waals surface area contributed by atoms with E-state index in [1.54, 1.807) is 0 Å². The van der Waals surface area contributed by atoms with Gasteiger partial charge in [-0.3, -0.25) is 14.7 Å². The highest BCUT2D eigenvalue weighted by Crippen LogP contribution is 2.13. The summed E-state index contributed by atoms with van der Waals surface area (Å²) in [7, 11) is 0. The molecule has 18 heavy (non-hydrogen) atoms. The Balaban J connectivity index is 2.39. The second-order valence-electron chi connectivity index (χ2n) is 5.86. The predicted octanol–water partition coefficient (Wildman–Crippen LogP) is -0.361. The van der Waals surface area contributed by atoms with Gasteiger partial charge in [0.1, 0.15) is 0 Å². The second-order valence-corrected chi connectivity index (χ2v) is 5.86. The minimum atomic E-state index is -0.272. The van der Waals surface area contributed by atoms with Gasteiger partial charge >= 0.3 is 0 Å². The molecule has 0 aromatic carbocycles. The molecule has 0 radical (unpaired) electrons. The summed E-state index contributed by atoms with van der Waals surface area (Å²) in [5, 5.41) is 3.15. The molecule has 0 atom stereocenters. The number of amides is 1. The zero-order valence-electron chi connectivity index (χ0n) is 11.6. The molecule has 0 saturated carbocycles. The van der Waals surface area contributed by atoms with Crippen molar-refractivity contribution in [2.45, 2.75) is 45.2 Å². The highest BCUT2D eigenvalue weighted by atomic mass is 16.1. The Morgan fingerprint density at radius 1 is 1.33 bits per heavy atom. The van der Waals surface area contributed by atoms with Gasteiger partial charge in [0.15, 0.2) is 5.96 Å². The molecule has 0 aromatic rings. The van der Waals surface area contributed by atoms with Crippen molar-refractivity contribution in [2.75, 3.05) is 19.6 Å². The fraction of sp³-hybridized carbons (Fsp3) is 0.833. The number of nitrogens with one attached hydrogen (secondary N) is 1. The number of likely N-dealkylation sites (tertiary alicyclic amines) is 1. The molecular weight excluding hydrogens is 230 g/mol. The normalized spacial score (nSPS) is 19.8. The van der Waals surface area contributed by atoms with Gasteiger partial charge in [-0.1, -0.05) is 0 Å². The van der Waals surface area contributed by atoms with E-state index in [1.807, 2.05) is 20.8 Å². The lowest BCUT2D eigenvalue weighted by atomic mass is 10.1. The number of aliphatic imine (C=N–C) groups is 1. The third-order valence-corrected chi connectivity index (χ3v) is 2.76. The first kappa shape index (κ1) is 14.8. The van der Waals surface area contributed by atoms with Crippen LogP contribution >= 0.6 is 0 Å². The standard InChI is InChI=1S/C12H25N5O/c1-12(2,3)16-11(14)15-9-4-6-17(7-5-9)8-10(13)18/h9H,4-8H2,1-3H3,(H2,13,18)(H3,14,15,16). The van der Waals surface area contributed by atoms with Crippen molar-refractivity contribution in [3.05, 3.63) is 0 Å². The highest BCUT2D eigenvalue weighted by molar-refractivity contribution is 5.78. The molecule has 1 fully saturated rings. The maximum atomic E-state index is 10.8. The Labute approximate surface area is 109 Å². The van der Waals surface area contributed by atoms with Gasteiger partial charge in [0.2, 0.25) is 5.91 Å². The van der Waals surface area contributed by atoms with Crippen molar-refractivity contribution < 1.29 is 4.79 Å². The molecular formula is C12H25N5O. The molecule has 1 heterocycles. The van der Waals surface area contributed by atoms with Crippen molar-refractivity contribution in [1.29, 1.82) is 0 Å². The molecule has 104 valence electrons. The smallest absolute Gasteiger partial charge is 0.231 e. The van der Waals surface area contributed by atoms with E-state index in [-0.39, 0.29) is 17.5 Å². The van der Waals surface area contributed by atoms with Crippen LogP contribution in [0.25, 0.3) is 0 Å². The van der Waals surface area contributed by atoms with Gasteiger partial charge in [-0.05, 0) is 33.6 Å². The summed E-state index contributed by atoms with van der Waals surface area (Å²) in [5.74, 6) is 0.224. The first-order chi connectivity index (χ1) is 8.26. The molecule has 0 spiro atoms. The van der Waals surface area contributed by atoms with Crippen LogP contribution < -0.4 is 16.8 Å². The van der Waals surface area contributed by atoms with Crippen molar-refractivity contribution in [2.24, 2.45) is 16.5 Å². The van der Waals surface area contributed by atoms with Gasteiger partial charge < -0.3 is 16.8 Å². The lowest BCUT2D eigenvalue weighted by Gasteiger charge is -2.30. The summed E-state index contributed by atoms with van der Waals surface area (Å²) in [4.78, 5) is 17.3. The SMILES string of the molecule is CC(C)(C)NC(N)=NC1CCN(CC(N)=O)CC1. The number of piperidine rings is 1. The van der Waals surface area contributed by atoms with E-state index in [9.17, 15) is 4.79 Å². The lowest BCUT2D eigenvalue weighted by Crippen LogP contribution is -2.46. The van der Waals surface area contributed by atoms with E-state index >= 15 is 0 Å². The maximum Gasteiger partial charge on any atom is 0.231 e. The predicted molar refractivity (Wildman–Crippen MR) is 73.2 cm³/mol. The second kappa shape index (κ2) is 6.04. The zero-order valence-corrected chi connectivity index (χ0v) is 11.6. The van der Waals surface area contributed by atoms with Crippen molar-refractivity contribution in [3.63, 3.8) is 0 Å². The van der Waals surface area contributed by atoms with E-state index < -0.39 is 0 Å². The largest absolute Gasteiger partial charge is 0.370 e. The highest BCUT2D eigenvalue weighted by Gasteiger charge is 2.20. The summed E-state index contributed by atoms with van der Waals surface area (Å²) in [6.07, 6.45) is 1.83. The summed E-state index contributed by atoms with van der Waals surface area (Å²) in [5.41, 5.74) is 11.0. The molecule has 1 saturated heterocycles. The first-order valence-electron chi connectivity index (χ1n) is 6.38. The fourth-order valence-corrected chi connectivity index (χ4v) is 2.04. The van der Waals surface area contributed by atoms with Gasteiger partial charge in [0.25, 0.3) is 0 Å². The summed E-state index contributed by atoms with van der Waals surface area (Å²) in [6, 6.07) is 0.240. The molecule has 0 bridgehead atoms. The Morgan fingerprint density at radius 2 is 1.89 bits per heavy atom. The first-order valence-corrected chi connectivity index (χ1v) is 6.38. The van der Waals surface area contributed by atoms with E-state index in [0.717, 1.165) is 25.9 Å². The minimum Gasteiger partial charge on any atom is -0.370 e. The average molecular weight is 255 g/mol. The third kappa shape index (κ3) is 5.86. The number of nitrogens with zero attached hydrogens (tertiary/aromatic N) is 2. The molecule has 1 amide bonds. The number of carbonyl (C=O) groups is 1. The summed E-state index contributed by atoms with van der Waals surface area (Å²) >= 11 is 0. The van der Waals surface area contributed by atoms with E-state index in [2.05, 4.69) is 15.2 Å².